The van der Waals surface area contributed by atoms with E-state index in [0.29, 0.717) is 12.8 Å². The van der Waals surface area contributed by atoms with E-state index in [2.05, 4.69) is 5.32 Å². The lowest BCUT2D eigenvalue weighted by atomic mass is 9.82. The van der Waals surface area contributed by atoms with Gasteiger partial charge in [-0.15, -0.1) is 0 Å². The van der Waals surface area contributed by atoms with E-state index in [1.807, 2.05) is 0 Å². The van der Waals surface area contributed by atoms with Crippen LogP contribution < -0.4 is 5.32 Å². The first-order valence-corrected chi connectivity index (χ1v) is 9.32. The van der Waals surface area contributed by atoms with Gasteiger partial charge in [-0.3, -0.25) is 9.59 Å². The number of sulfone groups is 1. The summed E-state index contributed by atoms with van der Waals surface area (Å²) in [5.74, 6) is -1.15. The highest BCUT2D eigenvalue weighted by atomic mass is 32.2. The molecule has 21 heavy (non-hydrogen) atoms. The number of amides is 1. The molecular weight excluding hydrogens is 294 g/mol. The second-order valence-corrected chi connectivity index (χ2v) is 8.46. The van der Waals surface area contributed by atoms with Crippen LogP contribution in [0.15, 0.2) is 0 Å². The van der Waals surface area contributed by atoms with Crippen molar-refractivity contribution in [1.29, 1.82) is 0 Å². The Morgan fingerprint density at radius 1 is 1.24 bits per heavy atom. The minimum absolute atomic E-state index is 0.0268. The van der Waals surface area contributed by atoms with Crippen LogP contribution in [0.3, 0.4) is 0 Å². The third kappa shape index (κ3) is 4.98. The highest BCUT2D eigenvalue weighted by Crippen LogP contribution is 2.49. The standard InChI is InChI=1S/C14H25NO5S/c1-4-14(5-2,12(17)18)9-15-11(16)8-13(6-7-13)10-21(3,19)20/h4-10H2,1-3H3,(H,15,16)(H,17,18). The first kappa shape index (κ1) is 17.9. The Kier molecular flexibility index (Phi) is 5.41. The Labute approximate surface area is 126 Å². The molecular formula is C14H25NO5S. The van der Waals surface area contributed by atoms with Crippen LogP contribution in [0.1, 0.15) is 46.0 Å². The molecule has 1 aliphatic rings. The maximum Gasteiger partial charge on any atom is 0.311 e. The van der Waals surface area contributed by atoms with E-state index in [4.69, 9.17) is 0 Å². The first-order valence-electron chi connectivity index (χ1n) is 7.26. The lowest BCUT2D eigenvalue weighted by molar-refractivity contribution is -0.149. The monoisotopic (exact) mass is 319 g/mol. The molecule has 0 spiro atoms. The molecule has 1 fully saturated rings. The quantitative estimate of drug-likeness (QED) is 0.665. The number of carboxylic acids is 1. The molecule has 0 aliphatic heterocycles. The molecule has 0 saturated heterocycles. The second kappa shape index (κ2) is 6.34. The van der Waals surface area contributed by atoms with Gasteiger partial charge in [0.15, 0.2) is 0 Å². The zero-order valence-electron chi connectivity index (χ0n) is 12.9. The van der Waals surface area contributed by atoms with Crippen LogP contribution in [0.25, 0.3) is 0 Å². The third-order valence-electron chi connectivity index (χ3n) is 4.49. The molecule has 0 aromatic heterocycles. The van der Waals surface area contributed by atoms with Gasteiger partial charge in [0.1, 0.15) is 9.84 Å². The molecule has 7 heteroatoms. The van der Waals surface area contributed by atoms with E-state index in [1.54, 1.807) is 13.8 Å². The Morgan fingerprint density at radius 3 is 2.10 bits per heavy atom. The first-order chi connectivity index (χ1) is 9.58. The lowest BCUT2D eigenvalue weighted by Gasteiger charge is -2.27. The summed E-state index contributed by atoms with van der Waals surface area (Å²) >= 11 is 0. The van der Waals surface area contributed by atoms with Gasteiger partial charge in [0, 0.05) is 19.2 Å². The van der Waals surface area contributed by atoms with Crippen molar-refractivity contribution in [2.24, 2.45) is 10.8 Å². The lowest BCUT2D eigenvalue weighted by Crippen LogP contribution is -2.43. The summed E-state index contributed by atoms with van der Waals surface area (Å²) in [4.78, 5) is 23.3. The molecule has 1 saturated carbocycles. The van der Waals surface area contributed by atoms with Gasteiger partial charge >= 0.3 is 5.97 Å². The van der Waals surface area contributed by atoms with Crippen LogP contribution in [0.5, 0.6) is 0 Å². The molecule has 1 aliphatic carbocycles. The summed E-state index contributed by atoms with van der Waals surface area (Å²) in [5, 5.41) is 12.0. The van der Waals surface area contributed by atoms with Crippen molar-refractivity contribution in [3.05, 3.63) is 0 Å². The molecule has 0 aromatic rings. The van der Waals surface area contributed by atoms with Gasteiger partial charge in [-0.25, -0.2) is 8.42 Å². The third-order valence-corrected chi connectivity index (χ3v) is 5.63. The Bertz CT molecular complexity index is 503. The molecule has 122 valence electrons. The molecule has 0 aromatic carbocycles. The van der Waals surface area contributed by atoms with Gasteiger partial charge in [0.2, 0.25) is 5.91 Å². The molecule has 6 nitrogen and oxygen atoms in total. The van der Waals surface area contributed by atoms with Gasteiger partial charge in [0.05, 0.1) is 11.2 Å². The molecule has 1 amide bonds. The van der Waals surface area contributed by atoms with Crippen LogP contribution in [-0.2, 0) is 19.4 Å². The van der Waals surface area contributed by atoms with E-state index < -0.39 is 26.6 Å². The number of hydrogen-bond acceptors (Lipinski definition) is 4. The molecule has 0 atom stereocenters. The summed E-state index contributed by atoms with van der Waals surface area (Å²) in [6, 6.07) is 0. The number of carboxylic acid groups (broad SMARTS) is 1. The Balaban J connectivity index is 2.57. The minimum atomic E-state index is -3.11. The number of aliphatic carboxylic acids is 1. The van der Waals surface area contributed by atoms with Crippen molar-refractivity contribution in [3.63, 3.8) is 0 Å². The molecule has 2 N–H and O–H groups in total. The normalized spacial score (nSPS) is 17.3. The Morgan fingerprint density at radius 2 is 1.76 bits per heavy atom. The van der Waals surface area contributed by atoms with Gasteiger partial charge in [0.25, 0.3) is 0 Å². The number of nitrogens with one attached hydrogen (secondary N) is 1. The van der Waals surface area contributed by atoms with Crippen molar-refractivity contribution in [2.45, 2.75) is 46.0 Å². The summed E-state index contributed by atoms with van der Waals surface area (Å²) in [6.07, 6.45) is 3.68. The van der Waals surface area contributed by atoms with Crippen LogP contribution in [-0.4, -0.2) is 44.0 Å². The van der Waals surface area contributed by atoms with Crippen molar-refractivity contribution in [2.75, 3.05) is 18.6 Å². The van der Waals surface area contributed by atoms with Crippen molar-refractivity contribution in [3.8, 4) is 0 Å². The van der Waals surface area contributed by atoms with Crippen LogP contribution in [0.2, 0.25) is 0 Å². The predicted molar refractivity (Wildman–Crippen MR) is 79.7 cm³/mol. The number of carbonyl (C=O) groups is 2. The molecule has 0 radical (unpaired) electrons. The summed E-state index contributed by atoms with van der Waals surface area (Å²) < 4.78 is 22.7. The van der Waals surface area contributed by atoms with E-state index in [9.17, 15) is 23.1 Å². The fraction of sp³-hybridized carbons (Fsp3) is 0.857. The average molecular weight is 319 g/mol. The van der Waals surface area contributed by atoms with Crippen LogP contribution in [0, 0.1) is 10.8 Å². The number of hydrogen-bond donors (Lipinski definition) is 2. The topological polar surface area (TPSA) is 101 Å². The zero-order valence-corrected chi connectivity index (χ0v) is 13.8. The summed E-state index contributed by atoms with van der Waals surface area (Å²) in [7, 11) is -3.11. The van der Waals surface area contributed by atoms with E-state index in [0.717, 1.165) is 12.8 Å². The van der Waals surface area contributed by atoms with E-state index >= 15 is 0 Å². The SMILES string of the molecule is CCC(CC)(CNC(=O)CC1(CS(C)(=O)=O)CC1)C(=O)O. The number of carbonyl (C=O) groups excluding carboxylic acids is 1. The van der Waals surface area contributed by atoms with Gasteiger partial charge in [-0.2, -0.15) is 0 Å². The largest absolute Gasteiger partial charge is 0.481 e. The Hall–Kier alpha value is -1.11. The van der Waals surface area contributed by atoms with Crippen molar-refractivity contribution in [1.82, 2.24) is 5.32 Å². The molecule has 0 unspecified atom stereocenters. The van der Waals surface area contributed by atoms with E-state index in [1.165, 1.54) is 6.26 Å². The summed E-state index contributed by atoms with van der Waals surface area (Å²) in [6.45, 7) is 3.66. The fourth-order valence-electron chi connectivity index (χ4n) is 2.65. The van der Waals surface area contributed by atoms with E-state index in [-0.39, 0.29) is 24.6 Å². The van der Waals surface area contributed by atoms with Crippen LogP contribution in [0.4, 0.5) is 0 Å². The predicted octanol–water partition coefficient (Wildman–Crippen LogP) is 1.21. The van der Waals surface area contributed by atoms with Crippen LogP contribution >= 0.6 is 0 Å². The summed E-state index contributed by atoms with van der Waals surface area (Å²) in [5.41, 5.74) is -1.37. The van der Waals surface area contributed by atoms with Gasteiger partial charge in [-0.05, 0) is 31.1 Å². The zero-order chi connectivity index (χ0) is 16.3. The maximum atomic E-state index is 12.0. The molecule has 0 bridgehead atoms. The minimum Gasteiger partial charge on any atom is -0.481 e. The van der Waals surface area contributed by atoms with Gasteiger partial charge < -0.3 is 10.4 Å². The smallest absolute Gasteiger partial charge is 0.311 e. The molecule has 1 rings (SSSR count). The maximum absolute atomic E-state index is 12.0. The fourth-order valence-corrected chi connectivity index (χ4v) is 4.16. The van der Waals surface area contributed by atoms with Gasteiger partial charge in [-0.1, -0.05) is 13.8 Å². The van der Waals surface area contributed by atoms with Crippen molar-refractivity contribution >= 4 is 21.7 Å². The highest BCUT2D eigenvalue weighted by molar-refractivity contribution is 7.90. The average Bonchev–Trinajstić information content (AvgIpc) is 3.07. The molecule has 0 heterocycles. The second-order valence-electron chi connectivity index (χ2n) is 6.32. The van der Waals surface area contributed by atoms with Crippen molar-refractivity contribution < 1.29 is 23.1 Å². The highest BCUT2D eigenvalue weighted by Gasteiger charge is 2.47. The number of rotatable bonds is 9.